The molecule has 1 aromatic heterocycles. The second-order valence-corrected chi connectivity index (χ2v) is 8.15. The minimum absolute atomic E-state index is 0.0455. The molecule has 172 valence electrons. The lowest BCUT2D eigenvalue weighted by molar-refractivity contribution is -0.134. The molecule has 33 heavy (non-hydrogen) atoms. The zero-order valence-corrected chi connectivity index (χ0v) is 18.4. The third-order valence-electron chi connectivity index (χ3n) is 5.98. The first-order valence-corrected chi connectivity index (χ1v) is 11.2. The van der Waals surface area contributed by atoms with E-state index in [9.17, 15) is 19.5 Å². The van der Waals surface area contributed by atoms with Crippen LogP contribution >= 0.6 is 0 Å². The predicted molar refractivity (Wildman–Crippen MR) is 124 cm³/mol. The van der Waals surface area contributed by atoms with Crippen LogP contribution in [-0.2, 0) is 9.59 Å². The number of aromatic nitrogens is 1. The lowest BCUT2D eigenvalue weighted by Crippen LogP contribution is -2.50. The summed E-state index contributed by atoms with van der Waals surface area (Å²) in [5, 5.41) is 13.7. The molecule has 3 aromatic rings. The number of fused-ring (bicyclic) bond motifs is 1. The number of aliphatic hydroxyl groups excluding tert-OH is 1. The molecular weight excluding hydrogens is 420 g/mol. The number of aromatic amines is 1. The molecule has 0 saturated carbocycles. The molecular formula is C25H28N4O4. The molecule has 3 N–H and O–H groups in total. The SMILES string of the molecule is O=C(CCC(=O)N1CCN(C(=O)c2c[nH]c3ccccc23)CC1)NC[C@H](O)c1ccccc1. The molecule has 0 spiro atoms. The third kappa shape index (κ3) is 5.40. The van der Waals surface area contributed by atoms with Gasteiger partial charge in [0.15, 0.2) is 0 Å². The van der Waals surface area contributed by atoms with E-state index in [1.165, 1.54) is 0 Å². The number of aliphatic hydroxyl groups is 1. The van der Waals surface area contributed by atoms with Crippen molar-refractivity contribution in [3.63, 3.8) is 0 Å². The summed E-state index contributed by atoms with van der Waals surface area (Å²) < 4.78 is 0. The summed E-state index contributed by atoms with van der Waals surface area (Å²) in [5.41, 5.74) is 2.29. The number of hydrogen-bond donors (Lipinski definition) is 3. The molecule has 1 aliphatic rings. The van der Waals surface area contributed by atoms with Crippen LogP contribution in [0.3, 0.4) is 0 Å². The first-order chi connectivity index (χ1) is 16.0. The second-order valence-electron chi connectivity index (χ2n) is 8.15. The van der Waals surface area contributed by atoms with E-state index in [-0.39, 0.29) is 37.1 Å². The lowest BCUT2D eigenvalue weighted by atomic mass is 10.1. The fourth-order valence-corrected chi connectivity index (χ4v) is 4.05. The first-order valence-electron chi connectivity index (χ1n) is 11.2. The Labute approximate surface area is 192 Å². The normalized spacial score (nSPS) is 14.8. The van der Waals surface area contributed by atoms with Crippen molar-refractivity contribution in [3.05, 3.63) is 71.9 Å². The lowest BCUT2D eigenvalue weighted by Gasteiger charge is -2.34. The fourth-order valence-electron chi connectivity index (χ4n) is 4.05. The van der Waals surface area contributed by atoms with Gasteiger partial charge in [0.1, 0.15) is 0 Å². The molecule has 0 radical (unpaired) electrons. The van der Waals surface area contributed by atoms with E-state index >= 15 is 0 Å². The molecule has 1 saturated heterocycles. The Morgan fingerprint density at radius 3 is 2.33 bits per heavy atom. The van der Waals surface area contributed by atoms with E-state index in [1.807, 2.05) is 42.5 Å². The summed E-state index contributed by atoms with van der Waals surface area (Å²) in [5.74, 6) is -0.421. The van der Waals surface area contributed by atoms with Gasteiger partial charge >= 0.3 is 0 Å². The first kappa shape index (κ1) is 22.5. The molecule has 2 aromatic carbocycles. The second kappa shape index (κ2) is 10.3. The van der Waals surface area contributed by atoms with Crippen LogP contribution < -0.4 is 5.32 Å². The Morgan fingerprint density at radius 2 is 1.58 bits per heavy atom. The summed E-state index contributed by atoms with van der Waals surface area (Å²) in [7, 11) is 0. The van der Waals surface area contributed by atoms with Crippen molar-refractivity contribution < 1.29 is 19.5 Å². The molecule has 8 nitrogen and oxygen atoms in total. The zero-order chi connectivity index (χ0) is 23.2. The van der Waals surface area contributed by atoms with Crippen LogP contribution in [0.1, 0.15) is 34.9 Å². The molecule has 4 rings (SSSR count). The molecule has 0 bridgehead atoms. The van der Waals surface area contributed by atoms with Gasteiger partial charge < -0.3 is 25.2 Å². The standard InChI is InChI=1S/C25H28N4O4/c30-22(18-6-2-1-3-7-18)17-27-23(31)10-11-24(32)28-12-14-29(15-13-28)25(33)20-16-26-21-9-5-4-8-19(20)21/h1-9,16,22,26,30H,10-15,17H2,(H,27,31)/t22-/m0/s1. The van der Waals surface area contributed by atoms with Gasteiger partial charge in [-0.2, -0.15) is 0 Å². The summed E-state index contributed by atoms with van der Waals surface area (Å²) in [4.78, 5) is 44.1. The Morgan fingerprint density at radius 1 is 0.909 bits per heavy atom. The van der Waals surface area contributed by atoms with Gasteiger partial charge in [-0.1, -0.05) is 48.5 Å². The van der Waals surface area contributed by atoms with E-state index in [1.54, 1.807) is 28.1 Å². The highest BCUT2D eigenvalue weighted by molar-refractivity contribution is 6.06. The summed E-state index contributed by atoms with van der Waals surface area (Å²) in [6, 6.07) is 16.8. The van der Waals surface area contributed by atoms with Crippen molar-refractivity contribution in [2.24, 2.45) is 0 Å². The number of para-hydroxylation sites is 1. The van der Waals surface area contributed by atoms with Gasteiger partial charge in [0.25, 0.3) is 5.91 Å². The van der Waals surface area contributed by atoms with Crippen LogP contribution in [0.2, 0.25) is 0 Å². The van der Waals surface area contributed by atoms with Crippen molar-refractivity contribution in [1.82, 2.24) is 20.1 Å². The van der Waals surface area contributed by atoms with Crippen LogP contribution in [0.5, 0.6) is 0 Å². The largest absolute Gasteiger partial charge is 0.387 e. The number of rotatable bonds is 7. The number of H-pyrrole nitrogens is 1. The quantitative estimate of drug-likeness (QED) is 0.515. The minimum atomic E-state index is -0.784. The molecule has 0 unspecified atom stereocenters. The van der Waals surface area contributed by atoms with Crippen LogP contribution in [0, 0.1) is 0 Å². The summed E-state index contributed by atoms with van der Waals surface area (Å²) in [6.07, 6.45) is 1.12. The van der Waals surface area contributed by atoms with Crippen molar-refractivity contribution in [2.45, 2.75) is 18.9 Å². The Kier molecular flexibility index (Phi) is 7.04. The van der Waals surface area contributed by atoms with E-state index in [2.05, 4.69) is 10.3 Å². The maximum absolute atomic E-state index is 12.9. The maximum Gasteiger partial charge on any atom is 0.256 e. The Bertz CT molecular complexity index is 1120. The number of amides is 3. The van der Waals surface area contributed by atoms with Crippen LogP contribution in [0.4, 0.5) is 0 Å². The third-order valence-corrected chi connectivity index (χ3v) is 5.98. The van der Waals surface area contributed by atoms with Crippen LogP contribution in [0.15, 0.2) is 60.8 Å². The monoisotopic (exact) mass is 448 g/mol. The number of nitrogens with one attached hydrogen (secondary N) is 2. The molecule has 8 heteroatoms. The van der Waals surface area contributed by atoms with Gasteiger partial charge in [0.05, 0.1) is 11.7 Å². The number of piperazine rings is 1. The van der Waals surface area contributed by atoms with Crippen molar-refractivity contribution in [3.8, 4) is 0 Å². The number of nitrogens with zero attached hydrogens (tertiary/aromatic N) is 2. The molecule has 0 aliphatic carbocycles. The maximum atomic E-state index is 12.9. The van der Waals surface area contributed by atoms with Gasteiger partial charge in [0.2, 0.25) is 11.8 Å². The van der Waals surface area contributed by atoms with E-state index < -0.39 is 6.10 Å². The highest BCUT2D eigenvalue weighted by Gasteiger charge is 2.26. The Hall–Kier alpha value is -3.65. The molecule has 1 atom stereocenters. The van der Waals surface area contributed by atoms with E-state index in [4.69, 9.17) is 0 Å². The zero-order valence-electron chi connectivity index (χ0n) is 18.4. The Balaban J connectivity index is 1.20. The van der Waals surface area contributed by atoms with Crippen molar-refractivity contribution in [1.29, 1.82) is 0 Å². The van der Waals surface area contributed by atoms with Crippen molar-refractivity contribution in [2.75, 3.05) is 32.7 Å². The number of carbonyl (C=O) groups excluding carboxylic acids is 3. The van der Waals surface area contributed by atoms with Gasteiger partial charge in [0, 0.05) is 62.7 Å². The molecule has 2 heterocycles. The van der Waals surface area contributed by atoms with Crippen LogP contribution in [-0.4, -0.2) is 70.3 Å². The van der Waals surface area contributed by atoms with Gasteiger partial charge in [-0.25, -0.2) is 0 Å². The summed E-state index contributed by atoms with van der Waals surface area (Å²) in [6.45, 7) is 1.91. The van der Waals surface area contributed by atoms with E-state index in [0.717, 1.165) is 16.5 Å². The predicted octanol–water partition coefficient (Wildman–Crippen LogP) is 2.08. The van der Waals surface area contributed by atoms with Gasteiger partial charge in [-0.3, -0.25) is 14.4 Å². The van der Waals surface area contributed by atoms with Crippen molar-refractivity contribution >= 4 is 28.6 Å². The topological polar surface area (TPSA) is 106 Å². The molecule has 3 amide bonds. The smallest absolute Gasteiger partial charge is 0.256 e. The van der Waals surface area contributed by atoms with Crippen LogP contribution in [0.25, 0.3) is 10.9 Å². The minimum Gasteiger partial charge on any atom is -0.387 e. The highest BCUT2D eigenvalue weighted by Crippen LogP contribution is 2.20. The fraction of sp³-hybridized carbons (Fsp3) is 0.320. The van der Waals surface area contributed by atoms with Gasteiger partial charge in [-0.15, -0.1) is 0 Å². The average Bonchev–Trinajstić information content (AvgIpc) is 3.30. The molecule has 1 aliphatic heterocycles. The highest BCUT2D eigenvalue weighted by atomic mass is 16.3. The van der Waals surface area contributed by atoms with E-state index in [0.29, 0.717) is 31.7 Å². The number of hydrogen-bond acceptors (Lipinski definition) is 4. The number of benzene rings is 2. The average molecular weight is 449 g/mol. The molecule has 1 fully saturated rings. The number of carbonyl (C=O) groups is 3. The summed E-state index contributed by atoms with van der Waals surface area (Å²) >= 11 is 0. The van der Waals surface area contributed by atoms with Gasteiger partial charge in [-0.05, 0) is 11.6 Å².